The molecule has 4 rings (SSSR count). The number of carbonyl (C=O) groups is 1. The van der Waals surface area contributed by atoms with E-state index in [1.54, 1.807) is 37.5 Å². The number of hydrogen-bond donors (Lipinski definition) is 0. The summed E-state index contributed by atoms with van der Waals surface area (Å²) in [4.78, 5) is 16.7. The van der Waals surface area contributed by atoms with Crippen LogP contribution in [0, 0.1) is 0 Å². The number of nitrogens with zero attached hydrogens (tertiary/aromatic N) is 1. The summed E-state index contributed by atoms with van der Waals surface area (Å²) < 4.78 is 22.1. The molecule has 0 N–H and O–H groups in total. The minimum atomic E-state index is -0.513. The van der Waals surface area contributed by atoms with E-state index >= 15 is 0 Å². The second kappa shape index (κ2) is 10.2. The van der Waals surface area contributed by atoms with Gasteiger partial charge in [-0.1, -0.05) is 29.8 Å². The van der Waals surface area contributed by atoms with Gasteiger partial charge in [-0.25, -0.2) is 9.79 Å². The van der Waals surface area contributed by atoms with Crippen LogP contribution in [-0.2, 0) is 16.1 Å². The predicted molar refractivity (Wildman–Crippen MR) is 127 cm³/mol. The molecular formula is C26H22ClNO5. The molecule has 0 unspecified atom stereocenters. The molecule has 7 heteroatoms. The van der Waals surface area contributed by atoms with Crippen LogP contribution in [0.15, 0.2) is 77.4 Å². The van der Waals surface area contributed by atoms with Crippen molar-refractivity contribution in [2.24, 2.45) is 4.99 Å². The summed E-state index contributed by atoms with van der Waals surface area (Å²) in [6.07, 6.45) is 1.65. The summed E-state index contributed by atoms with van der Waals surface area (Å²) in [5, 5.41) is 0.674. The van der Waals surface area contributed by atoms with Crippen molar-refractivity contribution in [3.63, 3.8) is 0 Å². The van der Waals surface area contributed by atoms with Gasteiger partial charge in [0.2, 0.25) is 5.90 Å². The zero-order chi connectivity index (χ0) is 23.2. The molecule has 0 saturated heterocycles. The normalized spacial score (nSPS) is 14.1. The van der Waals surface area contributed by atoms with E-state index in [0.29, 0.717) is 35.3 Å². The average molecular weight is 464 g/mol. The van der Waals surface area contributed by atoms with E-state index in [1.807, 2.05) is 49.4 Å². The maximum absolute atomic E-state index is 12.3. The maximum Gasteiger partial charge on any atom is 0.363 e. The number of esters is 1. The van der Waals surface area contributed by atoms with Gasteiger partial charge in [-0.05, 0) is 72.7 Å². The van der Waals surface area contributed by atoms with E-state index in [1.165, 1.54) is 0 Å². The molecule has 0 saturated carbocycles. The number of cyclic esters (lactones) is 1. The Morgan fingerprint density at radius 3 is 2.42 bits per heavy atom. The van der Waals surface area contributed by atoms with Crippen LogP contribution in [0.25, 0.3) is 6.08 Å². The first kappa shape index (κ1) is 22.4. The third-order valence-electron chi connectivity index (χ3n) is 4.83. The van der Waals surface area contributed by atoms with Gasteiger partial charge >= 0.3 is 5.97 Å². The predicted octanol–water partition coefficient (Wildman–Crippen LogP) is 5.67. The lowest BCUT2D eigenvalue weighted by Gasteiger charge is -2.11. The topological polar surface area (TPSA) is 66.3 Å². The minimum absolute atomic E-state index is 0.204. The highest BCUT2D eigenvalue weighted by Crippen LogP contribution is 2.30. The van der Waals surface area contributed by atoms with Crippen molar-refractivity contribution in [2.45, 2.75) is 13.5 Å². The molecule has 3 aromatic carbocycles. The molecule has 6 nitrogen and oxygen atoms in total. The molecule has 0 aromatic heterocycles. The van der Waals surface area contributed by atoms with Gasteiger partial charge in [0.15, 0.2) is 17.2 Å². The number of carbonyl (C=O) groups excluding carboxylic acids is 1. The molecule has 0 amide bonds. The minimum Gasteiger partial charge on any atom is -0.494 e. The Balaban J connectivity index is 1.50. The Morgan fingerprint density at radius 1 is 0.970 bits per heavy atom. The molecule has 0 spiro atoms. The van der Waals surface area contributed by atoms with E-state index < -0.39 is 5.97 Å². The zero-order valence-corrected chi connectivity index (χ0v) is 19.0. The number of rotatable bonds is 8. The molecule has 0 radical (unpaired) electrons. The third-order valence-corrected chi connectivity index (χ3v) is 5.08. The van der Waals surface area contributed by atoms with Gasteiger partial charge in [0.25, 0.3) is 0 Å². The van der Waals surface area contributed by atoms with Crippen LogP contribution in [0.3, 0.4) is 0 Å². The van der Waals surface area contributed by atoms with E-state index in [9.17, 15) is 4.79 Å². The quantitative estimate of drug-likeness (QED) is 0.318. The Morgan fingerprint density at radius 2 is 1.73 bits per heavy atom. The summed E-state index contributed by atoms with van der Waals surface area (Å²) in [7, 11) is 1.56. The monoisotopic (exact) mass is 463 g/mol. The molecule has 3 aromatic rings. The Bertz CT molecular complexity index is 1200. The molecule has 1 heterocycles. The Hall–Kier alpha value is -3.77. The fraction of sp³-hybridized carbons (Fsp3) is 0.154. The molecule has 0 aliphatic carbocycles. The number of aliphatic imine (C=N–C) groups is 1. The van der Waals surface area contributed by atoms with E-state index in [-0.39, 0.29) is 11.6 Å². The summed E-state index contributed by atoms with van der Waals surface area (Å²) in [6, 6.07) is 20.1. The van der Waals surface area contributed by atoms with Crippen molar-refractivity contribution in [3.05, 3.63) is 94.1 Å². The largest absolute Gasteiger partial charge is 0.494 e. The number of halogens is 1. The lowest BCUT2D eigenvalue weighted by molar-refractivity contribution is -0.129. The van der Waals surface area contributed by atoms with Crippen LogP contribution in [-0.4, -0.2) is 25.6 Å². The van der Waals surface area contributed by atoms with Crippen LogP contribution in [0.1, 0.15) is 23.6 Å². The first-order chi connectivity index (χ1) is 16.1. The SMILES string of the molecule is CCOc1ccc(C2=N/C(=C/c3ccc(OCc4ccc(Cl)cc4)c(OC)c3)C(=O)O2)cc1. The third kappa shape index (κ3) is 5.54. The van der Waals surface area contributed by atoms with Crippen molar-refractivity contribution in [2.75, 3.05) is 13.7 Å². The number of ether oxygens (including phenoxy) is 4. The van der Waals surface area contributed by atoms with Gasteiger partial charge in [-0.2, -0.15) is 0 Å². The zero-order valence-electron chi connectivity index (χ0n) is 18.2. The number of benzene rings is 3. The van der Waals surface area contributed by atoms with Gasteiger partial charge in [-0.15, -0.1) is 0 Å². The Labute approximate surface area is 197 Å². The summed E-state index contributed by atoms with van der Waals surface area (Å²) in [6.45, 7) is 2.87. The fourth-order valence-electron chi connectivity index (χ4n) is 3.19. The van der Waals surface area contributed by atoms with Crippen molar-refractivity contribution >= 4 is 29.5 Å². The van der Waals surface area contributed by atoms with Crippen LogP contribution in [0.5, 0.6) is 17.2 Å². The van der Waals surface area contributed by atoms with E-state index in [4.69, 9.17) is 30.5 Å². The molecular weight excluding hydrogens is 442 g/mol. The van der Waals surface area contributed by atoms with E-state index in [0.717, 1.165) is 16.9 Å². The highest BCUT2D eigenvalue weighted by atomic mass is 35.5. The standard InChI is InChI=1S/C26H22ClNO5/c1-3-31-21-11-7-19(8-12-21)25-28-22(26(29)33-25)14-18-6-13-23(24(15-18)30-2)32-16-17-4-9-20(27)10-5-17/h4-15H,3,16H2,1-2H3/b22-14+. The lowest BCUT2D eigenvalue weighted by atomic mass is 10.1. The van der Waals surface area contributed by atoms with Crippen LogP contribution < -0.4 is 14.2 Å². The van der Waals surface area contributed by atoms with Gasteiger partial charge < -0.3 is 18.9 Å². The summed E-state index contributed by atoms with van der Waals surface area (Å²) in [5.41, 5.74) is 2.61. The second-order valence-corrected chi connectivity index (χ2v) is 7.56. The van der Waals surface area contributed by atoms with Crippen molar-refractivity contribution < 1.29 is 23.7 Å². The van der Waals surface area contributed by atoms with Crippen LogP contribution in [0.2, 0.25) is 5.02 Å². The highest BCUT2D eigenvalue weighted by Gasteiger charge is 2.24. The summed E-state index contributed by atoms with van der Waals surface area (Å²) in [5.74, 6) is 1.61. The van der Waals surface area contributed by atoms with E-state index in [2.05, 4.69) is 4.99 Å². The molecule has 1 aliphatic heterocycles. The maximum atomic E-state index is 12.3. The van der Waals surface area contributed by atoms with Crippen LogP contribution in [0.4, 0.5) is 0 Å². The first-order valence-corrected chi connectivity index (χ1v) is 10.7. The first-order valence-electron chi connectivity index (χ1n) is 10.4. The molecule has 168 valence electrons. The number of hydrogen-bond acceptors (Lipinski definition) is 6. The lowest BCUT2D eigenvalue weighted by Crippen LogP contribution is -2.05. The fourth-order valence-corrected chi connectivity index (χ4v) is 3.31. The molecule has 0 bridgehead atoms. The van der Waals surface area contributed by atoms with Crippen molar-refractivity contribution in [1.29, 1.82) is 0 Å². The highest BCUT2D eigenvalue weighted by molar-refractivity contribution is 6.30. The van der Waals surface area contributed by atoms with Crippen molar-refractivity contribution in [3.8, 4) is 17.2 Å². The molecule has 0 atom stereocenters. The van der Waals surface area contributed by atoms with Gasteiger partial charge in [0.1, 0.15) is 12.4 Å². The smallest absolute Gasteiger partial charge is 0.363 e. The summed E-state index contributed by atoms with van der Waals surface area (Å²) >= 11 is 5.92. The van der Waals surface area contributed by atoms with Gasteiger partial charge in [0.05, 0.1) is 13.7 Å². The molecule has 1 aliphatic rings. The Kier molecular flexibility index (Phi) is 6.95. The van der Waals surface area contributed by atoms with Gasteiger partial charge in [0, 0.05) is 10.6 Å². The van der Waals surface area contributed by atoms with Gasteiger partial charge in [-0.3, -0.25) is 0 Å². The van der Waals surface area contributed by atoms with Crippen molar-refractivity contribution in [1.82, 2.24) is 0 Å². The molecule has 33 heavy (non-hydrogen) atoms. The number of methoxy groups -OCH3 is 1. The van der Waals surface area contributed by atoms with Crippen LogP contribution >= 0.6 is 11.6 Å². The second-order valence-electron chi connectivity index (χ2n) is 7.12. The average Bonchev–Trinajstić information content (AvgIpc) is 3.20. The molecule has 0 fully saturated rings.